The molecule has 0 aliphatic carbocycles. The van der Waals surface area contributed by atoms with E-state index < -0.39 is 0 Å². The summed E-state index contributed by atoms with van der Waals surface area (Å²) in [5, 5.41) is 3.67. The molecule has 1 saturated heterocycles. The molecule has 0 aromatic heterocycles. The van der Waals surface area contributed by atoms with Gasteiger partial charge in [-0.05, 0) is 56.5 Å². The summed E-state index contributed by atoms with van der Waals surface area (Å²) < 4.78 is 0. The van der Waals surface area contributed by atoms with E-state index in [4.69, 9.17) is 0 Å². The van der Waals surface area contributed by atoms with E-state index in [0.29, 0.717) is 6.04 Å². The minimum atomic E-state index is 0.652. The normalized spacial score (nSPS) is 20.8. The fourth-order valence-corrected chi connectivity index (χ4v) is 2.70. The maximum Gasteiger partial charge on any atom is 0.0369 e. The van der Waals surface area contributed by atoms with Gasteiger partial charge in [0, 0.05) is 24.8 Å². The van der Waals surface area contributed by atoms with E-state index in [1.165, 1.54) is 42.6 Å². The van der Waals surface area contributed by atoms with E-state index >= 15 is 0 Å². The number of nitrogens with zero attached hydrogens (tertiary/aromatic N) is 1. The maximum absolute atomic E-state index is 3.67. The summed E-state index contributed by atoms with van der Waals surface area (Å²) in [4.78, 5) is 2.55. The number of anilines is 1. The monoisotopic (exact) mass is 246 g/mol. The molecule has 0 bridgehead atoms. The Bertz CT molecular complexity index is 387. The summed E-state index contributed by atoms with van der Waals surface area (Å²) in [6.07, 6.45) is 3.78. The Morgan fingerprint density at radius 2 is 2.11 bits per heavy atom. The van der Waals surface area contributed by atoms with Crippen LogP contribution >= 0.6 is 0 Å². The van der Waals surface area contributed by atoms with Crippen molar-refractivity contribution >= 4 is 5.69 Å². The summed E-state index contributed by atoms with van der Waals surface area (Å²) in [6, 6.07) is 7.51. The van der Waals surface area contributed by atoms with Crippen molar-refractivity contribution in [2.45, 2.75) is 46.1 Å². The third-order valence-corrected chi connectivity index (χ3v) is 3.97. The van der Waals surface area contributed by atoms with Crippen molar-refractivity contribution in [1.29, 1.82) is 0 Å². The molecular formula is C16H26N2. The van der Waals surface area contributed by atoms with Gasteiger partial charge in [0.15, 0.2) is 0 Å². The SMILES string of the molecule is CCCC1CN(c2ccc(C)c(C)c2)CCCN1. The highest BCUT2D eigenvalue weighted by atomic mass is 15.2. The first-order valence-corrected chi connectivity index (χ1v) is 7.26. The molecule has 0 saturated carbocycles. The number of rotatable bonds is 3. The van der Waals surface area contributed by atoms with Crippen molar-refractivity contribution in [2.24, 2.45) is 0 Å². The molecule has 1 heterocycles. The lowest BCUT2D eigenvalue weighted by Gasteiger charge is -2.27. The first-order valence-electron chi connectivity index (χ1n) is 7.26. The van der Waals surface area contributed by atoms with Crippen LogP contribution < -0.4 is 10.2 Å². The van der Waals surface area contributed by atoms with Gasteiger partial charge < -0.3 is 10.2 Å². The summed E-state index contributed by atoms with van der Waals surface area (Å²) in [7, 11) is 0. The molecule has 1 aromatic carbocycles. The summed E-state index contributed by atoms with van der Waals surface area (Å²) in [5.74, 6) is 0. The molecule has 0 amide bonds. The van der Waals surface area contributed by atoms with Gasteiger partial charge in [0.1, 0.15) is 0 Å². The van der Waals surface area contributed by atoms with Gasteiger partial charge in [0.25, 0.3) is 0 Å². The van der Waals surface area contributed by atoms with Gasteiger partial charge in [-0.1, -0.05) is 19.4 Å². The number of hydrogen-bond donors (Lipinski definition) is 1. The zero-order valence-corrected chi connectivity index (χ0v) is 12.0. The number of benzene rings is 1. The molecule has 1 unspecified atom stereocenters. The van der Waals surface area contributed by atoms with Crippen LogP contribution in [-0.4, -0.2) is 25.7 Å². The van der Waals surface area contributed by atoms with Gasteiger partial charge in [-0.15, -0.1) is 0 Å². The predicted molar refractivity (Wildman–Crippen MR) is 79.4 cm³/mol. The van der Waals surface area contributed by atoms with Gasteiger partial charge in [-0.25, -0.2) is 0 Å². The van der Waals surface area contributed by atoms with Crippen LogP contribution in [0.1, 0.15) is 37.3 Å². The van der Waals surface area contributed by atoms with Gasteiger partial charge in [0.2, 0.25) is 0 Å². The van der Waals surface area contributed by atoms with Crippen LogP contribution in [-0.2, 0) is 0 Å². The first-order chi connectivity index (χ1) is 8.70. The Morgan fingerprint density at radius 1 is 1.28 bits per heavy atom. The lowest BCUT2D eigenvalue weighted by atomic mass is 10.1. The largest absolute Gasteiger partial charge is 0.370 e. The van der Waals surface area contributed by atoms with E-state index in [1.807, 2.05) is 0 Å². The zero-order valence-electron chi connectivity index (χ0n) is 12.0. The summed E-state index contributed by atoms with van der Waals surface area (Å²) >= 11 is 0. The Morgan fingerprint density at radius 3 is 2.83 bits per heavy atom. The fourth-order valence-electron chi connectivity index (χ4n) is 2.70. The standard InChI is InChI=1S/C16H26N2/c1-4-6-15-12-18(10-5-9-17-15)16-8-7-13(2)14(3)11-16/h7-8,11,15,17H,4-6,9-10,12H2,1-3H3. The van der Waals surface area contributed by atoms with Crippen LogP contribution in [0.2, 0.25) is 0 Å². The smallest absolute Gasteiger partial charge is 0.0369 e. The third kappa shape index (κ3) is 3.26. The number of hydrogen-bond acceptors (Lipinski definition) is 2. The van der Waals surface area contributed by atoms with Crippen molar-refractivity contribution in [3.63, 3.8) is 0 Å². The van der Waals surface area contributed by atoms with Crippen LogP contribution in [0.4, 0.5) is 5.69 Å². The van der Waals surface area contributed by atoms with Crippen molar-refractivity contribution < 1.29 is 0 Å². The van der Waals surface area contributed by atoms with Crippen LogP contribution in [0.25, 0.3) is 0 Å². The van der Waals surface area contributed by atoms with Crippen molar-refractivity contribution in [3.05, 3.63) is 29.3 Å². The average Bonchev–Trinajstić information content (AvgIpc) is 2.59. The lowest BCUT2D eigenvalue weighted by molar-refractivity contribution is 0.502. The van der Waals surface area contributed by atoms with Crippen molar-refractivity contribution in [3.8, 4) is 0 Å². The summed E-state index contributed by atoms with van der Waals surface area (Å²) in [5.41, 5.74) is 4.18. The van der Waals surface area contributed by atoms with Gasteiger partial charge in [-0.2, -0.15) is 0 Å². The number of nitrogens with one attached hydrogen (secondary N) is 1. The lowest BCUT2D eigenvalue weighted by Crippen LogP contribution is -2.37. The Kier molecular flexibility index (Phi) is 4.65. The van der Waals surface area contributed by atoms with E-state index in [1.54, 1.807) is 0 Å². The maximum atomic E-state index is 3.67. The molecule has 18 heavy (non-hydrogen) atoms. The molecule has 0 spiro atoms. The highest BCUT2D eigenvalue weighted by Gasteiger charge is 2.17. The van der Waals surface area contributed by atoms with Crippen LogP contribution in [0, 0.1) is 13.8 Å². The summed E-state index contributed by atoms with van der Waals surface area (Å²) in [6.45, 7) is 10.1. The van der Waals surface area contributed by atoms with E-state index in [-0.39, 0.29) is 0 Å². The molecule has 1 atom stereocenters. The van der Waals surface area contributed by atoms with E-state index in [0.717, 1.165) is 13.1 Å². The highest BCUT2D eigenvalue weighted by Crippen LogP contribution is 2.20. The third-order valence-electron chi connectivity index (χ3n) is 3.97. The van der Waals surface area contributed by atoms with Crippen LogP contribution in [0.3, 0.4) is 0 Å². The van der Waals surface area contributed by atoms with Gasteiger partial charge in [-0.3, -0.25) is 0 Å². The van der Waals surface area contributed by atoms with E-state index in [9.17, 15) is 0 Å². The Balaban J connectivity index is 2.12. The fraction of sp³-hybridized carbons (Fsp3) is 0.625. The van der Waals surface area contributed by atoms with Crippen LogP contribution in [0.15, 0.2) is 18.2 Å². The van der Waals surface area contributed by atoms with Gasteiger partial charge in [0.05, 0.1) is 0 Å². The molecular weight excluding hydrogens is 220 g/mol. The average molecular weight is 246 g/mol. The zero-order chi connectivity index (χ0) is 13.0. The molecule has 0 radical (unpaired) electrons. The number of aryl methyl sites for hydroxylation is 2. The Labute approximate surface area is 111 Å². The molecule has 2 heteroatoms. The molecule has 1 fully saturated rings. The van der Waals surface area contributed by atoms with E-state index in [2.05, 4.69) is 49.2 Å². The van der Waals surface area contributed by atoms with Crippen molar-refractivity contribution in [1.82, 2.24) is 5.32 Å². The molecule has 1 aromatic rings. The van der Waals surface area contributed by atoms with Crippen LogP contribution in [0.5, 0.6) is 0 Å². The second-order valence-electron chi connectivity index (χ2n) is 5.51. The molecule has 100 valence electrons. The Hall–Kier alpha value is -1.02. The molecule has 1 aliphatic heterocycles. The molecule has 1 aliphatic rings. The molecule has 1 N–H and O–H groups in total. The minimum absolute atomic E-state index is 0.652. The molecule has 2 nitrogen and oxygen atoms in total. The second kappa shape index (κ2) is 6.24. The quantitative estimate of drug-likeness (QED) is 0.880. The van der Waals surface area contributed by atoms with Crippen molar-refractivity contribution in [2.75, 3.05) is 24.5 Å². The minimum Gasteiger partial charge on any atom is -0.370 e. The highest BCUT2D eigenvalue weighted by molar-refractivity contribution is 5.50. The molecule has 2 rings (SSSR count). The topological polar surface area (TPSA) is 15.3 Å². The van der Waals surface area contributed by atoms with Gasteiger partial charge >= 0.3 is 0 Å². The predicted octanol–water partition coefficient (Wildman–Crippen LogP) is 3.27. The second-order valence-corrected chi connectivity index (χ2v) is 5.51. The first kappa shape index (κ1) is 13.4.